The quantitative estimate of drug-likeness (QED) is 0.477. The number of rotatable bonds is 4. The van der Waals surface area contributed by atoms with E-state index in [0.717, 1.165) is 5.56 Å². The zero-order valence-corrected chi connectivity index (χ0v) is 11.9. The molecule has 0 bridgehead atoms. The zero-order valence-electron chi connectivity index (χ0n) is 10.3. The highest BCUT2D eigenvalue weighted by atomic mass is 79.9. The lowest BCUT2D eigenvalue weighted by Crippen LogP contribution is -2.02. The number of hydrogen-bond acceptors (Lipinski definition) is 6. The van der Waals surface area contributed by atoms with Gasteiger partial charge in [0.05, 0.1) is 24.8 Å². The number of carbonyl (C=O) groups is 1. The van der Waals surface area contributed by atoms with Crippen molar-refractivity contribution in [2.45, 2.75) is 6.54 Å². The van der Waals surface area contributed by atoms with Gasteiger partial charge in [-0.25, -0.2) is 9.48 Å². The number of halogens is 1. The molecule has 2 rings (SSSR count). The van der Waals surface area contributed by atoms with Gasteiger partial charge in [-0.15, -0.1) is 5.10 Å². The molecule has 104 valence electrons. The van der Waals surface area contributed by atoms with Crippen molar-refractivity contribution < 1.29 is 14.5 Å². The van der Waals surface area contributed by atoms with Crippen LogP contribution in [0.3, 0.4) is 0 Å². The number of nitro groups is 1. The van der Waals surface area contributed by atoms with E-state index in [2.05, 4.69) is 31.0 Å². The Morgan fingerprint density at radius 3 is 2.90 bits per heavy atom. The molecule has 0 saturated carbocycles. The van der Waals surface area contributed by atoms with Crippen molar-refractivity contribution in [3.05, 3.63) is 50.2 Å². The number of non-ortho nitro benzene ring substituents is 1. The molecule has 20 heavy (non-hydrogen) atoms. The van der Waals surface area contributed by atoms with Gasteiger partial charge in [0.15, 0.2) is 5.69 Å². The summed E-state index contributed by atoms with van der Waals surface area (Å²) < 4.78 is 6.55. The second kappa shape index (κ2) is 5.78. The first-order valence-electron chi connectivity index (χ1n) is 5.42. The molecule has 0 atom stereocenters. The smallest absolute Gasteiger partial charge is 0.360 e. The maximum Gasteiger partial charge on any atom is 0.360 e. The summed E-state index contributed by atoms with van der Waals surface area (Å²) in [6.07, 6.45) is 1.44. The second-order valence-electron chi connectivity index (χ2n) is 3.83. The largest absolute Gasteiger partial charge is 0.464 e. The fourth-order valence-electron chi connectivity index (χ4n) is 1.53. The second-order valence-corrected chi connectivity index (χ2v) is 4.68. The van der Waals surface area contributed by atoms with E-state index >= 15 is 0 Å². The van der Waals surface area contributed by atoms with Crippen LogP contribution < -0.4 is 0 Å². The zero-order chi connectivity index (χ0) is 14.7. The number of benzene rings is 1. The van der Waals surface area contributed by atoms with Gasteiger partial charge in [-0.2, -0.15) is 0 Å². The summed E-state index contributed by atoms with van der Waals surface area (Å²) in [6, 6.07) is 4.42. The number of esters is 1. The van der Waals surface area contributed by atoms with Gasteiger partial charge in [-0.3, -0.25) is 10.1 Å². The third-order valence-electron chi connectivity index (χ3n) is 2.51. The SMILES string of the molecule is COC(=O)c1cn(Cc2ccc([N+](=O)[O-])cc2Br)nn1. The highest BCUT2D eigenvalue weighted by molar-refractivity contribution is 9.10. The van der Waals surface area contributed by atoms with Gasteiger partial charge in [-0.05, 0) is 11.6 Å². The lowest BCUT2D eigenvalue weighted by molar-refractivity contribution is -0.384. The van der Waals surface area contributed by atoms with Crippen molar-refractivity contribution in [3.63, 3.8) is 0 Å². The molecule has 0 aliphatic rings. The summed E-state index contributed by atoms with van der Waals surface area (Å²) in [7, 11) is 1.26. The minimum absolute atomic E-state index is 0.00512. The van der Waals surface area contributed by atoms with Crippen LogP contribution in [0.4, 0.5) is 5.69 Å². The van der Waals surface area contributed by atoms with Crippen molar-refractivity contribution in [2.24, 2.45) is 0 Å². The highest BCUT2D eigenvalue weighted by Gasteiger charge is 2.13. The minimum atomic E-state index is -0.570. The third kappa shape index (κ3) is 2.99. The normalized spacial score (nSPS) is 10.3. The molecular weight excluding hydrogens is 332 g/mol. The number of carbonyl (C=O) groups excluding carboxylic acids is 1. The van der Waals surface area contributed by atoms with Crippen LogP contribution in [0.5, 0.6) is 0 Å². The van der Waals surface area contributed by atoms with Crippen molar-refractivity contribution in [1.29, 1.82) is 0 Å². The Morgan fingerprint density at radius 1 is 1.55 bits per heavy atom. The fraction of sp³-hybridized carbons (Fsp3) is 0.182. The molecule has 0 saturated heterocycles. The standard InChI is InChI=1S/C11H9BrN4O4/c1-20-11(17)10-6-15(14-13-10)5-7-2-3-8(16(18)19)4-9(7)12/h2-4,6H,5H2,1H3. The predicted octanol–water partition coefficient (Wildman–Crippen LogP) is 1.78. The Morgan fingerprint density at radius 2 is 2.30 bits per heavy atom. The molecule has 8 nitrogen and oxygen atoms in total. The highest BCUT2D eigenvalue weighted by Crippen LogP contribution is 2.23. The molecule has 0 amide bonds. The molecule has 0 fully saturated rings. The van der Waals surface area contributed by atoms with Gasteiger partial charge in [0, 0.05) is 16.6 Å². The average Bonchev–Trinajstić information content (AvgIpc) is 2.88. The summed E-state index contributed by atoms with van der Waals surface area (Å²) >= 11 is 3.26. The van der Waals surface area contributed by atoms with Crippen LogP contribution in [-0.2, 0) is 11.3 Å². The van der Waals surface area contributed by atoms with Crippen LogP contribution in [0.25, 0.3) is 0 Å². The van der Waals surface area contributed by atoms with Gasteiger partial charge in [0.25, 0.3) is 5.69 Å². The number of nitro benzene ring substituents is 1. The monoisotopic (exact) mass is 340 g/mol. The Bertz CT molecular complexity index is 670. The number of hydrogen-bond donors (Lipinski definition) is 0. The molecule has 0 N–H and O–H groups in total. The van der Waals surface area contributed by atoms with Crippen LogP contribution in [0.15, 0.2) is 28.9 Å². The maximum atomic E-state index is 11.2. The first-order chi connectivity index (χ1) is 9.51. The molecule has 0 spiro atoms. The van der Waals surface area contributed by atoms with Crippen molar-refractivity contribution >= 4 is 27.6 Å². The van der Waals surface area contributed by atoms with E-state index in [-0.39, 0.29) is 11.4 Å². The van der Waals surface area contributed by atoms with E-state index in [9.17, 15) is 14.9 Å². The van der Waals surface area contributed by atoms with Gasteiger partial charge < -0.3 is 4.74 Å². The third-order valence-corrected chi connectivity index (χ3v) is 3.25. The average molecular weight is 341 g/mol. The summed E-state index contributed by atoms with van der Waals surface area (Å²) in [5.41, 5.74) is 0.872. The van der Waals surface area contributed by atoms with Gasteiger partial charge >= 0.3 is 5.97 Å². The molecule has 0 unspecified atom stereocenters. The van der Waals surface area contributed by atoms with Crippen LogP contribution in [0.1, 0.15) is 16.1 Å². The van der Waals surface area contributed by atoms with Crippen molar-refractivity contribution in [1.82, 2.24) is 15.0 Å². The topological polar surface area (TPSA) is 100 Å². The molecule has 1 heterocycles. The Kier molecular flexibility index (Phi) is 4.08. The predicted molar refractivity (Wildman–Crippen MR) is 71.3 cm³/mol. The summed E-state index contributed by atoms with van der Waals surface area (Å²) in [5, 5.41) is 18.1. The van der Waals surface area contributed by atoms with E-state index in [1.54, 1.807) is 6.07 Å². The Hall–Kier alpha value is -2.29. The molecule has 0 aliphatic heterocycles. The number of aromatic nitrogens is 3. The minimum Gasteiger partial charge on any atom is -0.464 e. The number of nitrogens with zero attached hydrogens (tertiary/aromatic N) is 4. The van der Waals surface area contributed by atoms with Crippen molar-refractivity contribution in [3.8, 4) is 0 Å². The number of methoxy groups -OCH3 is 1. The van der Waals surface area contributed by atoms with Crippen molar-refractivity contribution in [2.75, 3.05) is 7.11 Å². The summed E-state index contributed by atoms with van der Waals surface area (Å²) in [4.78, 5) is 21.4. The summed E-state index contributed by atoms with van der Waals surface area (Å²) in [6.45, 7) is 0.322. The van der Waals surface area contributed by atoms with E-state index in [4.69, 9.17) is 0 Å². The van der Waals surface area contributed by atoms with Crippen LogP contribution >= 0.6 is 15.9 Å². The molecule has 1 aromatic carbocycles. The Labute approximate surface area is 121 Å². The number of ether oxygens (including phenoxy) is 1. The first-order valence-corrected chi connectivity index (χ1v) is 6.22. The van der Waals surface area contributed by atoms with Gasteiger partial charge in [-0.1, -0.05) is 21.1 Å². The molecule has 2 aromatic rings. The van der Waals surface area contributed by atoms with E-state index in [0.29, 0.717) is 11.0 Å². The van der Waals surface area contributed by atoms with Crippen LogP contribution in [0, 0.1) is 10.1 Å². The lowest BCUT2D eigenvalue weighted by atomic mass is 10.2. The van der Waals surface area contributed by atoms with E-state index in [1.165, 1.54) is 30.1 Å². The van der Waals surface area contributed by atoms with E-state index in [1.807, 2.05) is 0 Å². The van der Waals surface area contributed by atoms with Gasteiger partial charge in [0.1, 0.15) is 0 Å². The van der Waals surface area contributed by atoms with E-state index < -0.39 is 10.9 Å². The first kappa shape index (κ1) is 14.1. The van der Waals surface area contributed by atoms with Gasteiger partial charge in [0.2, 0.25) is 0 Å². The molecular formula is C11H9BrN4O4. The molecule has 0 radical (unpaired) electrons. The summed E-state index contributed by atoms with van der Waals surface area (Å²) in [5.74, 6) is -0.570. The lowest BCUT2D eigenvalue weighted by Gasteiger charge is -2.03. The molecule has 9 heteroatoms. The van der Waals surface area contributed by atoms with Crippen LogP contribution in [0.2, 0.25) is 0 Å². The maximum absolute atomic E-state index is 11.2. The Balaban J connectivity index is 2.20. The molecule has 1 aromatic heterocycles. The fourth-order valence-corrected chi connectivity index (χ4v) is 2.02. The van der Waals surface area contributed by atoms with Crippen LogP contribution in [-0.4, -0.2) is 33.0 Å². The molecule has 0 aliphatic carbocycles.